The molecule has 2 N–H and O–H groups in total. The Kier molecular flexibility index (Phi) is 5.01. The number of allylic oxidation sites excluding steroid dienone is 2. The Labute approximate surface area is 206 Å². The minimum atomic E-state index is -0.658. The van der Waals surface area contributed by atoms with Crippen molar-refractivity contribution in [2.45, 2.75) is 130 Å². The fourth-order valence-corrected chi connectivity index (χ4v) is 10.5. The van der Waals surface area contributed by atoms with Crippen LogP contribution in [0.1, 0.15) is 99.8 Å². The molecular weight excluding hydrogens is 424 g/mol. The molecule has 0 spiro atoms. The summed E-state index contributed by atoms with van der Waals surface area (Å²) >= 11 is 0. The van der Waals surface area contributed by atoms with Gasteiger partial charge in [0.25, 0.3) is 0 Å². The lowest BCUT2D eigenvalue weighted by Crippen LogP contribution is -2.58. The van der Waals surface area contributed by atoms with Crippen LogP contribution in [0, 0.1) is 45.3 Å². The molecule has 0 bridgehead atoms. The molecule has 7 unspecified atom stereocenters. The van der Waals surface area contributed by atoms with Crippen molar-refractivity contribution in [3.8, 4) is 0 Å². The number of hydrogen-bond donors (Lipinski definition) is 2. The lowest BCUT2D eigenvalue weighted by Gasteiger charge is -2.64. The zero-order chi connectivity index (χ0) is 24.5. The number of hydrogen-bond acceptors (Lipinski definition) is 4. The van der Waals surface area contributed by atoms with Crippen LogP contribution in [-0.2, 0) is 9.47 Å². The predicted molar refractivity (Wildman–Crippen MR) is 133 cm³/mol. The van der Waals surface area contributed by atoms with E-state index in [0.29, 0.717) is 17.8 Å². The summed E-state index contributed by atoms with van der Waals surface area (Å²) in [5.74, 6) is 1.89. The Morgan fingerprint density at radius 3 is 2.29 bits per heavy atom. The highest BCUT2D eigenvalue weighted by Gasteiger charge is 2.67. The fraction of sp³-hybridized carbons (Fsp3) is 0.933. The van der Waals surface area contributed by atoms with Gasteiger partial charge in [0.05, 0.1) is 17.8 Å². The second-order valence-electron chi connectivity index (χ2n) is 14.9. The molecule has 0 aromatic carbocycles. The van der Waals surface area contributed by atoms with Crippen molar-refractivity contribution in [1.29, 1.82) is 0 Å². The molecule has 6 aliphatic rings. The van der Waals surface area contributed by atoms with E-state index in [9.17, 15) is 10.2 Å². The van der Waals surface area contributed by atoms with E-state index in [-0.39, 0.29) is 51.5 Å². The van der Waals surface area contributed by atoms with Crippen molar-refractivity contribution < 1.29 is 19.7 Å². The first-order valence-electron chi connectivity index (χ1n) is 14.2. The summed E-state index contributed by atoms with van der Waals surface area (Å²) in [6.45, 7) is 16.5. The molecular formula is C30H48O4. The highest BCUT2D eigenvalue weighted by atomic mass is 16.7. The summed E-state index contributed by atoms with van der Waals surface area (Å²) in [5, 5.41) is 21.9. The molecule has 2 saturated heterocycles. The van der Waals surface area contributed by atoms with Crippen LogP contribution < -0.4 is 0 Å². The summed E-state index contributed by atoms with van der Waals surface area (Å²) in [5.41, 5.74) is 2.28. The van der Waals surface area contributed by atoms with E-state index in [0.717, 1.165) is 25.7 Å². The molecule has 6 rings (SSSR count). The fourth-order valence-electron chi connectivity index (χ4n) is 10.5. The van der Waals surface area contributed by atoms with Crippen LogP contribution in [0.5, 0.6) is 0 Å². The van der Waals surface area contributed by atoms with E-state index < -0.39 is 6.29 Å². The van der Waals surface area contributed by atoms with Gasteiger partial charge >= 0.3 is 0 Å². The van der Waals surface area contributed by atoms with E-state index in [1.165, 1.54) is 25.7 Å². The molecule has 2 aliphatic heterocycles. The number of aliphatic hydroxyl groups excluding tert-OH is 2. The first-order valence-corrected chi connectivity index (χ1v) is 14.2. The predicted octanol–water partition coefficient (Wildman–Crippen LogP) is 5.85. The van der Waals surface area contributed by atoms with Crippen molar-refractivity contribution in [3.63, 3.8) is 0 Å². The number of rotatable bonds is 2. The van der Waals surface area contributed by atoms with Gasteiger partial charge in [-0.25, -0.2) is 0 Å². The Hall–Kier alpha value is -0.420. The van der Waals surface area contributed by atoms with E-state index >= 15 is 0 Å². The molecule has 4 heteroatoms. The van der Waals surface area contributed by atoms with Crippen LogP contribution in [0.25, 0.3) is 0 Å². The van der Waals surface area contributed by atoms with Gasteiger partial charge < -0.3 is 19.7 Å². The normalized spacial score (nSPS) is 57.4. The van der Waals surface area contributed by atoms with Gasteiger partial charge in [-0.15, -0.1) is 0 Å². The summed E-state index contributed by atoms with van der Waals surface area (Å²) in [6, 6.07) is 0. The van der Waals surface area contributed by atoms with E-state index in [2.05, 4.69) is 54.5 Å². The van der Waals surface area contributed by atoms with E-state index in [1.54, 1.807) is 5.57 Å². The lowest BCUT2D eigenvalue weighted by atomic mass is 9.41. The third kappa shape index (κ3) is 2.92. The molecule has 2 heterocycles. The molecule has 0 radical (unpaired) electrons. The average Bonchev–Trinajstić information content (AvgIpc) is 3.08. The third-order valence-corrected chi connectivity index (χ3v) is 13.0. The van der Waals surface area contributed by atoms with Crippen LogP contribution in [0.15, 0.2) is 11.6 Å². The van der Waals surface area contributed by atoms with Gasteiger partial charge in [-0.3, -0.25) is 0 Å². The largest absolute Gasteiger partial charge is 0.393 e. The maximum absolute atomic E-state index is 11.0. The molecule has 11 atom stereocenters. The highest BCUT2D eigenvalue weighted by Crippen LogP contribution is 2.73. The van der Waals surface area contributed by atoms with Gasteiger partial charge in [0.15, 0.2) is 6.29 Å². The lowest BCUT2D eigenvalue weighted by molar-refractivity contribution is -0.143. The minimum absolute atomic E-state index is 0.0200. The highest BCUT2D eigenvalue weighted by molar-refractivity contribution is 5.33. The van der Waals surface area contributed by atoms with Gasteiger partial charge in [-0.1, -0.05) is 46.3 Å². The van der Waals surface area contributed by atoms with Gasteiger partial charge in [-0.05, 0) is 105 Å². The zero-order valence-electron chi connectivity index (χ0n) is 22.6. The standard InChI is InChI=1S/C30H48O4/c1-26(2)22-9-8-20-19(28(22,5)13-12-23(26)31)11-15-29(6)18(10-14-30(20,29)7)17-16-21(33-25(17)32)24-27(3,4)34-24/h8,17-19,21-25,31-32H,9-16H2,1-7H3/t17?,18?,19?,21?,22?,23-,24?,25-,28+,29?,30+/m0/s1. The monoisotopic (exact) mass is 472 g/mol. The van der Waals surface area contributed by atoms with Crippen molar-refractivity contribution in [3.05, 3.63) is 11.6 Å². The van der Waals surface area contributed by atoms with E-state index in [1.807, 2.05) is 0 Å². The van der Waals surface area contributed by atoms with Crippen LogP contribution in [0.3, 0.4) is 0 Å². The second kappa shape index (κ2) is 7.11. The third-order valence-electron chi connectivity index (χ3n) is 13.0. The Morgan fingerprint density at radius 2 is 1.62 bits per heavy atom. The molecule has 192 valence electrons. The van der Waals surface area contributed by atoms with Gasteiger partial charge in [0.1, 0.15) is 6.10 Å². The van der Waals surface area contributed by atoms with Crippen molar-refractivity contribution >= 4 is 0 Å². The number of epoxide rings is 1. The first-order chi connectivity index (χ1) is 15.8. The second-order valence-corrected chi connectivity index (χ2v) is 14.9. The molecule has 3 saturated carbocycles. The number of ether oxygens (including phenoxy) is 2. The average molecular weight is 473 g/mol. The maximum atomic E-state index is 11.0. The SMILES string of the molecule is CC1(C)OC1C1CC(C2CC[C@]3(C)C4=CCC5C(C)(C)[C@@H](O)CC[C@]5(C)C4CCC23C)[C@@H](O)O1. The quantitative estimate of drug-likeness (QED) is 0.391. The van der Waals surface area contributed by atoms with Gasteiger partial charge in [0.2, 0.25) is 0 Å². The van der Waals surface area contributed by atoms with Gasteiger partial charge in [-0.2, -0.15) is 0 Å². The van der Waals surface area contributed by atoms with Crippen LogP contribution in [-0.4, -0.2) is 40.4 Å². The van der Waals surface area contributed by atoms with Gasteiger partial charge in [0, 0.05) is 5.92 Å². The number of fused-ring (bicyclic) bond motifs is 5. The molecule has 0 aromatic rings. The van der Waals surface area contributed by atoms with Crippen LogP contribution >= 0.6 is 0 Å². The Bertz CT molecular complexity index is 892. The molecule has 4 nitrogen and oxygen atoms in total. The van der Waals surface area contributed by atoms with Crippen LogP contribution in [0.2, 0.25) is 0 Å². The number of aliphatic hydroxyl groups is 2. The molecule has 0 aromatic heterocycles. The smallest absolute Gasteiger partial charge is 0.158 e. The summed E-state index contributed by atoms with van der Waals surface area (Å²) in [4.78, 5) is 0. The van der Waals surface area contributed by atoms with Crippen molar-refractivity contribution in [2.75, 3.05) is 0 Å². The van der Waals surface area contributed by atoms with Crippen molar-refractivity contribution in [1.82, 2.24) is 0 Å². The molecule has 5 fully saturated rings. The summed E-state index contributed by atoms with van der Waals surface area (Å²) in [6.07, 6.45) is 11.0. The minimum Gasteiger partial charge on any atom is -0.393 e. The summed E-state index contributed by atoms with van der Waals surface area (Å²) in [7, 11) is 0. The molecule has 4 aliphatic carbocycles. The Morgan fingerprint density at radius 1 is 0.912 bits per heavy atom. The van der Waals surface area contributed by atoms with Crippen LogP contribution in [0.4, 0.5) is 0 Å². The van der Waals surface area contributed by atoms with Crippen molar-refractivity contribution in [2.24, 2.45) is 45.3 Å². The topological polar surface area (TPSA) is 62.2 Å². The summed E-state index contributed by atoms with van der Waals surface area (Å²) < 4.78 is 12.0. The molecule has 34 heavy (non-hydrogen) atoms. The maximum Gasteiger partial charge on any atom is 0.158 e. The van der Waals surface area contributed by atoms with E-state index in [4.69, 9.17) is 9.47 Å². The zero-order valence-corrected chi connectivity index (χ0v) is 22.6. The first kappa shape index (κ1) is 23.9. The molecule has 0 amide bonds. The Balaban J connectivity index is 1.29.